The third kappa shape index (κ3) is 1.13. The second-order valence-corrected chi connectivity index (χ2v) is 5.12. The summed E-state index contributed by atoms with van der Waals surface area (Å²) in [4.78, 5) is 0. The van der Waals surface area contributed by atoms with Crippen molar-refractivity contribution in [2.75, 3.05) is 0 Å². The Labute approximate surface area is 101 Å². The molecule has 2 aromatic rings. The van der Waals surface area contributed by atoms with Crippen LogP contribution >= 0.6 is 0 Å². The van der Waals surface area contributed by atoms with E-state index >= 15 is 0 Å². The lowest BCUT2D eigenvalue weighted by atomic mass is 9.77. The number of rotatable bonds is 0. The molecule has 17 heavy (non-hydrogen) atoms. The average molecular weight is 218 g/mol. The molecule has 4 rings (SSSR count). The lowest BCUT2D eigenvalue weighted by Gasteiger charge is -2.27. The van der Waals surface area contributed by atoms with Crippen molar-refractivity contribution in [1.29, 1.82) is 0 Å². The quantitative estimate of drug-likeness (QED) is 0.638. The maximum atomic E-state index is 2.42. The van der Waals surface area contributed by atoms with Crippen molar-refractivity contribution in [1.82, 2.24) is 0 Å². The molecular formula is C17H14. The molecule has 2 aliphatic carbocycles. The Bertz CT molecular complexity index is 762. The predicted octanol–water partition coefficient (Wildman–Crippen LogP) is 2.70. The molecule has 0 amide bonds. The summed E-state index contributed by atoms with van der Waals surface area (Å²) in [6, 6.07) is 11.1. The van der Waals surface area contributed by atoms with Crippen LogP contribution in [0.2, 0.25) is 0 Å². The van der Waals surface area contributed by atoms with Gasteiger partial charge in [-0.05, 0) is 32.7 Å². The third-order valence-electron chi connectivity index (χ3n) is 4.09. The maximum absolute atomic E-state index is 2.42. The molecule has 0 heterocycles. The lowest BCUT2D eigenvalue weighted by molar-refractivity contribution is 0.667. The van der Waals surface area contributed by atoms with Gasteiger partial charge in [0.1, 0.15) is 0 Å². The van der Waals surface area contributed by atoms with E-state index in [1.165, 1.54) is 26.8 Å². The second-order valence-electron chi connectivity index (χ2n) is 5.12. The number of allylic oxidation sites excluding steroid dienone is 2. The van der Waals surface area contributed by atoms with Crippen molar-refractivity contribution >= 4 is 22.9 Å². The van der Waals surface area contributed by atoms with E-state index in [2.05, 4.69) is 61.6 Å². The van der Waals surface area contributed by atoms with Gasteiger partial charge in [0.15, 0.2) is 0 Å². The van der Waals surface area contributed by atoms with Gasteiger partial charge in [-0.2, -0.15) is 0 Å². The van der Waals surface area contributed by atoms with Gasteiger partial charge in [-0.25, -0.2) is 0 Å². The van der Waals surface area contributed by atoms with Gasteiger partial charge in [-0.1, -0.05) is 61.6 Å². The van der Waals surface area contributed by atoms with Gasteiger partial charge in [-0.15, -0.1) is 0 Å². The Morgan fingerprint density at radius 1 is 1.00 bits per heavy atom. The van der Waals surface area contributed by atoms with Crippen LogP contribution in [0.4, 0.5) is 0 Å². The largest absolute Gasteiger partial charge is 0.0764 e. The first-order chi connectivity index (χ1) is 8.34. The Morgan fingerprint density at radius 2 is 1.94 bits per heavy atom. The van der Waals surface area contributed by atoms with E-state index in [9.17, 15) is 0 Å². The highest BCUT2D eigenvalue weighted by molar-refractivity contribution is 5.89. The molecule has 0 bridgehead atoms. The summed E-state index contributed by atoms with van der Waals surface area (Å²) in [5.74, 6) is 1.16. The summed E-state index contributed by atoms with van der Waals surface area (Å²) in [7, 11) is 0. The summed E-state index contributed by atoms with van der Waals surface area (Å²) >= 11 is 0. The SMILES string of the molecule is CC1C=c2cccc3ccc4c(c23)C1C=CC=4. The molecule has 82 valence electrons. The van der Waals surface area contributed by atoms with E-state index in [1.54, 1.807) is 0 Å². The van der Waals surface area contributed by atoms with Crippen LogP contribution < -0.4 is 10.4 Å². The molecule has 0 aromatic heterocycles. The van der Waals surface area contributed by atoms with Crippen molar-refractivity contribution in [2.24, 2.45) is 5.92 Å². The lowest BCUT2D eigenvalue weighted by Crippen LogP contribution is -2.26. The van der Waals surface area contributed by atoms with Gasteiger partial charge >= 0.3 is 0 Å². The highest BCUT2D eigenvalue weighted by Gasteiger charge is 2.23. The van der Waals surface area contributed by atoms with E-state index in [0.717, 1.165) is 0 Å². The second kappa shape index (κ2) is 3.10. The summed E-state index contributed by atoms with van der Waals surface area (Å²) in [5, 5.41) is 5.65. The molecular weight excluding hydrogens is 204 g/mol. The summed E-state index contributed by atoms with van der Waals surface area (Å²) in [5.41, 5.74) is 1.54. The fraction of sp³-hybridized carbons (Fsp3) is 0.176. The first-order valence-corrected chi connectivity index (χ1v) is 6.26. The molecule has 0 radical (unpaired) electrons. The number of hydrogen-bond donors (Lipinski definition) is 0. The fourth-order valence-electron chi connectivity index (χ4n) is 3.30. The summed E-state index contributed by atoms with van der Waals surface area (Å²) < 4.78 is 0. The molecule has 0 saturated carbocycles. The van der Waals surface area contributed by atoms with E-state index in [0.29, 0.717) is 11.8 Å². The number of benzene rings is 2. The third-order valence-corrected chi connectivity index (χ3v) is 4.09. The first kappa shape index (κ1) is 9.23. The van der Waals surface area contributed by atoms with Crippen molar-refractivity contribution in [2.45, 2.75) is 12.8 Å². The highest BCUT2D eigenvalue weighted by atomic mass is 14.3. The van der Waals surface area contributed by atoms with Gasteiger partial charge in [0.25, 0.3) is 0 Å². The Hall–Kier alpha value is -1.82. The van der Waals surface area contributed by atoms with Crippen LogP contribution in [0.3, 0.4) is 0 Å². The molecule has 0 N–H and O–H groups in total. The Balaban J connectivity index is 2.34. The smallest absolute Gasteiger partial charge is 0.00939 e. The zero-order valence-corrected chi connectivity index (χ0v) is 9.85. The van der Waals surface area contributed by atoms with Crippen LogP contribution in [0.1, 0.15) is 18.4 Å². The molecule has 0 saturated heterocycles. The summed E-state index contributed by atoms with van der Waals surface area (Å²) in [6.07, 6.45) is 9.20. The maximum Gasteiger partial charge on any atom is 0.00939 e. The van der Waals surface area contributed by atoms with Crippen LogP contribution in [0.15, 0.2) is 42.5 Å². The minimum absolute atomic E-state index is 0.564. The molecule has 2 unspecified atom stereocenters. The zero-order valence-electron chi connectivity index (χ0n) is 9.85. The van der Waals surface area contributed by atoms with Gasteiger partial charge in [-0.3, -0.25) is 0 Å². The molecule has 0 nitrogen and oxygen atoms in total. The molecule has 0 aliphatic heterocycles. The van der Waals surface area contributed by atoms with Crippen molar-refractivity contribution in [3.63, 3.8) is 0 Å². The van der Waals surface area contributed by atoms with E-state index < -0.39 is 0 Å². The first-order valence-electron chi connectivity index (χ1n) is 6.26. The molecule has 2 aromatic carbocycles. The van der Waals surface area contributed by atoms with Crippen molar-refractivity contribution in [3.05, 3.63) is 58.5 Å². The van der Waals surface area contributed by atoms with Crippen molar-refractivity contribution in [3.8, 4) is 0 Å². The van der Waals surface area contributed by atoms with Crippen LogP contribution in [0.5, 0.6) is 0 Å². The van der Waals surface area contributed by atoms with Crippen molar-refractivity contribution < 1.29 is 0 Å². The van der Waals surface area contributed by atoms with Gasteiger partial charge in [0, 0.05) is 5.92 Å². The van der Waals surface area contributed by atoms with Crippen LogP contribution in [0, 0.1) is 5.92 Å². The number of hydrogen-bond acceptors (Lipinski definition) is 0. The van der Waals surface area contributed by atoms with Crippen LogP contribution in [-0.2, 0) is 0 Å². The van der Waals surface area contributed by atoms with Crippen LogP contribution in [-0.4, -0.2) is 0 Å². The van der Waals surface area contributed by atoms with Gasteiger partial charge in [0.05, 0.1) is 0 Å². The van der Waals surface area contributed by atoms with E-state index in [-0.39, 0.29) is 0 Å². The summed E-state index contributed by atoms with van der Waals surface area (Å²) in [6.45, 7) is 2.32. The molecule has 2 atom stereocenters. The average Bonchev–Trinajstić information content (AvgIpc) is 2.37. The molecule has 0 heteroatoms. The Kier molecular flexibility index (Phi) is 1.69. The predicted molar refractivity (Wildman–Crippen MR) is 73.2 cm³/mol. The minimum atomic E-state index is 0.564. The standard InChI is InChI=1S/C17H14/c1-11-10-14-6-2-4-12-8-9-13-5-3-7-15(11)17(13)16(12)14/h2-11,15H,1H3. The topological polar surface area (TPSA) is 0 Å². The monoisotopic (exact) mass is 218 g/mol. The normalized spacial score (nSPS) is 24.3. The molecule has 2 aliphatic rings. The zero-order chi connectivity index (χ0) is 11.4. The van der Waals surface area contributed by atoms with E-state index in [4.69, 9.17) is 0 Å². The van der Waals surface area contributed by atoms with Gasteiger partial charge < -0.3 is 0 Å². The van der Waals surface area contributed by atoms with Gasteiger partial charge in [0.2, 0.25) is 0 Å². The van der Waals surface area contributed by atoms with E-state index in [1.807, 2.05) is 0 Å². The van der Waals surface area contributed by atoms with Crippen LogP contribution in [0.25, 0.3) is 22.9 Å². The minimum Gasteiger partial charge on any atom is -0.0764 e. The fourth-order valence-corrected chi connectivity index (χ4v) is 3.30. The molecule has 0 spiro atoms. The Morgan fingerprint density at radius 3 is 2.88 bits per heavy atom. The molecule has 0 fully saturated rings. The highest BCUT2D eigenvalue weighted by Crippen LogP contribution is 2.33.